The topological polar surface area (TPSA) is 88.0 Å². The van der Waals surface area contributed by atoms with Gasteiger partial charge in [-0.3, -0.25) is 14.9 Å². The largest absolute Gasteiger partial charge is 0.351 e. The van der Waals surface area contributed by atoms with Gasteiger partial charge in [-0.25, -0.2) is 0 Å². The lowest BCUT2D eigenvalue weighted by atomic mass is 10.1. The average molecular weight is 258 g/mol. The van der Waals surface area contributed by atoms with Crippen LogP contribution in [0.25, 0.3) is 0 Å². The van der Waals surface area contributed by atoms with Crippen LogP contribution in [-0.2, 0) is 0 Å². The van der Waals surface area contributed by atoms with Crippen LogP contribution in [0, 0.1) is 15.5 Å². The number of alkyl halides is 1. The Hall–Kier alpha value is -1.56. The minimum Gasteiger partial charge on any atom is -0.351 e. The molecule has 2 N–H and O–H groups in total. The molecule has 1 amide bonds. The fourth-order valence-corrected chi connectivity index (χ4v) is 1.88. The Morgan fingerprint density at radius 3 is 2.82 bits per heavy atom. The summed E-state index contributed by atoms with van der Waals surface area (Å²) in [5.41, 5.74) is 0.117. The third-order valence-corrected chi connectivity index (χ3v) is 3.55. The van der Waals surface area contributed by atoms with Gasteiger partial charge in [-0.15, -0.1) is 11.6 Å². The molecule has 1 heterocycles. The molecule has 0 unspecified atom stereocenters. The first-order chi connectivity index (χ1) is 8.06. The number of carbonyl (C=O) groups excluding carboxylic acids is 1. The lowest BCUT2D eigenvalue weighted by molar-refractivity contribution is -0.384. The third-order valence-electron chi connectivity index (χ3n) is 2.99. The van der Waals surface area contributed by atoms with E-state index in [0.717, 1.165) is 12.8 Å². The second-order valence-corrected chi connectivity index (χ2v) is 4.61. The fourth-order valence-electron chi connectivity index (χ4n) is 1.52. The van der Waals surface area contributed by atoms with Crippen LogP contribution in [0.1, 0.15) is 23.3 Å². The Morgan fingerprint density at radius 1 is 1.65 bits per heavy atom. The van der Waals surface area contributed by atoms with Crippen LogP contribution in [-0.4, -0.2) is 28.2 Å². The predicted octanol–water partition coefficient (Wildman–Crippen LogP) is 1.67. The number of hydrogen-bond donors (Lipinski definition) is 2. The second-order valence-electron chi connectivity index (χ2n) is 4.34. The summed E-state index contributed by atoms with van der Waals surface area (Å²) >= 11 is 5.78. The summed E-state index contributed by atoms with van der Waals surface area (Å²) in [7, 11) is 0. The number of nitrogens with zero attached hydrogens (tertiary/aromatic N) is 1. The van der Waals surface area contributed by atoms with Crippen molar-refractivity contribution in [1.82, 2.24) is 10.3 Å². The Labute approximate surface area is 102 Å². The van der Waals surface area contributed by atoms with Gasteiger partial charge in [-0.2, -0.15) is 0 Å². The first kappa shape index (κ1) is 11.9. The van der Waals surface area contributed by atoms with Crippen LogP contribution in [0.15, 0.2) is 12.3 Å². The number of halogens is 1. The number of rotatable bonds is 5. The third kappa shape index (κ3) is 2.58. The first-order valence-electron chi connectivity index (χ1n) is 5.23. The number of carbonyl (C=O) groups is 1. The molecule has 1 aliphatic carbocycles. The maximum atomic E-state index is 11.7. The smallest absolute Gasteiger partial charge is 0.287 e. The molecule has 7 heteroatoms. The summed E-state index contributed by atoms with van der Waals surface area (Å²) in [6.45, 7) is 0.516. The van der Waals surface area contributed by atoms with Gasteiger partial charge >= 0.3 is 0 Å². The maximum Gasteiger partial charge on any atom is 0.287 e. The minimum atomic E-state index is -0.547. The van der Waals surface area contributed by atoms with Crippen molar-refractivity contribution in [2.24, 2.45) is 5.41 Å². The van der Waals surface area contributed by atoms with E-state index in [2.05, 4.69) is 10.3 Å². The molecule has 2 rings (SSSR count). The van der Waals surface area contributed by atoms with E-state index in [4.69, 9.17) is 11.6 Å². The van der Waals surface area contributed by atoms with E-state index in [9.17, 15) is 14.9 Å². The molecule has 1 saturated carbocycles. The Bertz CT molecular complexity index is 453. The standard InChI is InChI=1S/C10H12ClN3O3/c11-5-10(1-2-10)6-13-9(15)8-3-7(4-12-8)14(16)17/h3-4,12H,1-2,5-6H2,(H,13,15). The molecule has 0 atom stereocenters. The van der Waals surface area contributed by atoms with Gasteiger partial charge in [-0.05, 0) is 12.8 Å². The van der Waals surface area contributed by atoms with Gasteiger partial charge in [0.25, 0.3) is 11.6 Å². The van der Waals surface area contributed by atoms with Crippen molar-refractivity contribution in [2.45, 2.75) is 12.8 Å². The van der Waals surface area contributed by atoms with Crippen LogP contribution < -0.4 is 5.32 Å². The molecule has 1 aliphatic rings. The van der Waals surface area contributed by atoms with E-state index in [0.29, 0.717) is 12.4 Å². The number of amides is 1. The number of hydrogen-bond acceptors (Lipinski definition) is 3. The second kappa shape index (κ2) is 4.37. The molecule has 6 nitrogen and oxygen atoms in total. The summed E-state index contributed by atoms with van der Waals surface area (Å²) in [5.74, 6) is 0.188. The average Bonchev–Trinajstić information content (AvgIpc) is 2.92. The van der Waals surface area contributed by atoms with Crippen LogP contribution >= 0.6 is 11.6 Å². The Morgan fingerprint density at radius 2 is 2.35 bits per heavy atom. The van der Waals surface area contributed by atoms with Crippen molar-refractivity contribution in [3.8, 4) is 0 Å². The normalized spacial score (nSPS) is 16.5. The molecule has 0 spiro atoms. The zero-order valence-corrected chi connectivity index (χ0v) is 9.79. The van der Waals surface area contributed by atoms with Crippen molar-refractivity contribution >= 4 is 23.2 Å². The summed E-state index contributed by atoms with van der Waals surface area (Å²) in [6, 6.07) is 1.22. The summed E-state index contributed by atoms with van der Waals surface area (Å²) in [4.78, 5) is 24.1. The highest BCUT2D eigenvalue weighted by Gasteiger charge is 2.41. The number of aromatic nitrogens is 1. The monoisotopic (exact) mass is 257 g/mol. The quantitative estimate of drug-likeness (QED) is 0.478. The number of nitrogens with one attached hydrogen (secondary N) is 2. The van der Waals surface area contributed by atoms with E-state index < -0.39 is 4.92 Å². The van der Waals surface area contributed by atoms with Gasteiger partial charge < -0.3 is 10.3 Å². The molecule has 1 fully saturated rings. The molecular formula is C10H12ClN3O3. The molecule has 17 heavy (non-hydrogen) atoms. The SMILES string of the molecule is O=C(NCC1(CCl)CC1)c1cc([N+](=O)[O-])c[nH]1. The van der Waals surface area contributed by atoms with Gasteiger partial charge in [0.2, 0.25) is 0 Å². The van der Waals surface area contributed by atoms with Gasteiger partial charge in [0.05, 0.1) is 11.1 Å². The maximum absolute atomic E-state index is 11.7. The van der Waals surface area contributed by atoms with Crippen LogP contribution in [0.2, 0.25) is 0 Å². The molecule has 1 aromatic heterocycles. The Balaban J connectivity index is 1.93. The molecule has 0 radical (unpaired) electrons. The summed E-state index contributed by atoms with van der Waals surface area (Å²) in [5, 5.41) is 13.2. The lowest BCUT2D eigenvalue weighted by Crippen LogP contribution is -2.31. The highest BCUT2D eigenvalue weighted by atomic mass is 35.5. The zero-order valence-electron chi connectivity index (χ0n) is 9.03. The number of nitro groups is 1. The predicted molar refractivity (Wildman–Crippen MR) is 62.2 cm³/mol. The van der Waals surface area contributed by atoms with E-state index in [1.807, 2.05) is 0 Å². The molecule has 0 aromatic carbocycles. The molecule has 0 aliphatic heterocycles. The van der Waals surface area contributed by atoms with E-state index in [1.54, 1.807) is 0 Å². The highest BCUT2D eigenvalue weighted by molar-refractivity contribution is 6.18. The number of aromatic amines is 1. The van der Waals surface area contributed by atoms with Gasteiger partial charge in [0.1, 0.15) is 5.69 Å². The molecular weight excluding hydrogens is 246 g/mol. The molecule has 1 aromatic rings. The van der Waals surface area contributed by atoms with Crippen molar-refractivity contribution in [1.29, 1.82) is 0 Å². The van der Waals surface area contributed by atoms with Gasteiger partial charge in [0, 0.05) is 23.9 Å². The number of H-pyrrole nitrogens is 1. The molecule has 92 valence electrons. The van der Waals surface area contributed by atoms with Crippen molar-refractivity contribution in [3.63, 3.8) is 0 Å². The van der Waals surface area contributed by atoms with Crippen LogP contribution in [0.4, 0.5) is 5.69 Å². The molecule has 0 saturated heterocycles. The zero-order chi connectivity index (χ0) is 12.5. The molecule has 0 bridgehead atoms. The fraction of sp³-hybridized carbons (Fsp3) is 0.500. The summed E-state index contributed by atoms with van der Waals surface area (Å²) < 4.78 is 0. The lowest BCUT2D eigenvalue weighted by Gasteiger charge is -2.11. The van der Waals surface area contributed by atoms with E-state index >= 15 is 0 Å². The summed E-state index contributed by atoms with van der Waals surface area (Å²) in [6.07, 6.45) is 3.23. The van der Waals surface area contributed by atoms with Crippen molar-refractivity contribution < 1.29 is 9.72 Å². The Kier molecular flexibility index (Phi) is 3.06. The van der Waals surface area contributed by atoms with E-state index in [-0.39, 0.29) is 22.7 Å². The van der Waals surface area contributed by atoms with Gasteiger partial charge in [-0.1, -0.05) is 0 Å². The van der Waals surface area contributed by atoms with E-state index in [1.165, 1.54) is 12.3 Å². The minimum absolute atomic E-state index is 0.0374. The van der Waals surface area contributed by atoms with Crippen molar-refractivity contribution in [3.05, 3.63) is 28.1 Å². The first-order valence-corrected chi connectivity index (χ1v) is 5.77. The van der Waals surface area contributed by atoms with Gasteiger partial charge in [0.15, 0.2) is 0 Å². The van der Waals surface area contributed by atoms with Crippen LogP contribution in [0.3, 0.4) is 0 Å². The van der Waals surface area contributed by atoms with Crippen molar-refractivity contribution in [2.75, 3.05) is 12.4 Å². The van der Waals surface area contributed by atoms with Crippen LogP contribution in [0.5, 0.6) is 0 Å². The highest BCUT2D eigenvalue weighted by Crippen LogP contribution is 2.45.